The summed E-state index contributed by atoms with van der Waals surface area (Å²) < 4.78 is 4.78. The normalized spacial score (nSPS) is 18.9. The van der Waals surface area contributed by atoms with Gasteiger partial charge in [0.25, 0.3) is 0 Å². The second-order valence-corrected chi connectivity index (χ2v) is 9.27. The van der Waals surface area contributed by atoms with Crippen molar-refractivity contribution in [3.63, 3.8) is 0 Å². The number of Topliss-reactive ketones (excluding diaryl/α,β-unsaturated/α-hetero) is 1. The highest BCUT2D eigenvalue weighted by Gasteiger charge is 2.35. The first-order chi connectivity index (χ1) is 14.6. The van der Waals surface area contributed by atoms with E-state index in [9.17, 15) is 9.59 Å². The number of unbranched alkanes of at least 4 members (excludes halogenated alkanes) is 2. The molecule has 3 nitrogen and oxygen atoms in total. The molecule has 2 atom stereocenters. The quantitative estimate of drug-likeness (QED) is 0.310. The summed E-state index contributed by atoms with van der Waals surface area (Å²) in [7, 11) is 1.41. The van der Waals surface area contributed by atoms with Crippen molar-refractivity contribution < 1.29 is 14.3 Å². The van der Waals surface area contributed by atoms with E-state index in [1.807, 2.05) is 12.1 Å². The van der Waals surface area contributed by atoms with Crippen LogP contribution in [0.25, 0.3) is 6.08 Å². The van der Waals surface area contributed by atoms with E-state index < -0.39 is 0 Å². The Labute approximate surface area is 184 Å². The Balaban J connectivity index is 1.55. The minimum absolute atomic E-state index is 0.0390. The number of thiophene rings is 1. The van der Waals surface area contributed by atoms with Crippen LogP contribution in [-0.4, -0.2) is 18.9 Å². The van der Waals surface area contributed by atoms with Gasteiger partial charge >= 0.3 is 5.97 Å². The largest absolute Gasteiger partial charge is 0.465 e. The minimum Gasteiger partial charge on any atom is -0.465 e. The molecule has 160 valence electrons. The number of benzene rings is 1. The van der Waals surface area contributed by atoms with Gasteiger partial charge in [-0.15, -0.1) is 11.3 Å². The number of rotatable bonds is 10. The summed E-state index contributed by atoms with van der Waals surface area (Å²) >= 11 is 1.51. The molecule has 1 aliphatic carbocycles. The molecule has 2 unspecified atom stereocenters. The molecule has 0 bridgehead atoms. The molecular weight excluding hydrogens is 392 g/mol. The predicted octanol–water partition coefficient (Wildman–Crippen LogP) is 6.82. The lowest BCUT2D eigenvalue weighted by Crippen LogP contribution is -2.13. The molecule has 1 heterocycles. The van der Waals surface area contributed by atoms with Gasteiger partial charge in [0.15, 0.2) is 0 Å². The van der Waals surface area contributed by atoms with Gasteiger partial charge in [-0.2, -0.15) is 0 Å². The maximum Gasteiger partial charge on any atom is 0.348 e. The number of hydrogen-bond acceptors (Lipinski definition) is 4. The number of carbonyl (C=O) groups is 2. The molecule has 0 spiro atoms. The predicted molar refractivity (Wildman–Crippen MR) is 124 cm³/mol. The molecule has 1 aromatic heterocycles. The number of ketones is 1. The molecule has 0 amide bonds. The average Bonchev–Trinajstić information content (AvgIpc) is 3.38. The fourth-order valence-corrected chi connectivity index (χ4v) is 5.27. The number of esters is 1. The molecule has 0 aliphatic heterocycles. The first kappa shape index (κ1) is 22.5. The molecule has 4 heteroatoms. The summed E-state index contributed by atoms with van der Waals surface area (Å²) in [6.07, 6.45) is 12.7. The van der Waals surface area contributed by atoms with Crippen LogP contribution in [-0.2, 0) is 16.0 Å². The van der Waals surface area contributed by atoms with Crippen LogP contribution in [0.3, 0.4) is 0 Å². The highest BCUT2D eigenvalue weighted by Crippen LogP contribution is 2.40. The molecule has 0 N–H and O–H groups in total. The lowest BCUT2D eigenvalue weighted by atomic mass is 9.85. The van der Waals surface area contributed by atoms with Crippen molar-refractivity contribution in [3.05, 3.63) is 63.4 Å². The fraction of sp³-hybridized carbons (Fsp3) is 0.462. The molecule has 1 saturated carbocycles. The van der Waals surface area contributed by atoms with Gasteiger partial charge in [0.2, 0.25) is 0 Å². The Hall–Kier alpha value is -2.20. The van der Waals surface area contributed by atoms with Crippen molar-refractivity contribution in [2.75, 3.05) is 7.11 Å². The monoisotopic (exact) mass is 424 g/mol. The molecular formula is C26H32O3S. The van der Waals surface area contributed by atoms with E-state index >= 15 is 0 Å². The highest BCUT2D eigenvalue weighted by atomic mass is 32.1. The minimum atomic E-state index is -0.267. The third-order valence-electron chi connectivity index (χ3n) is 5.96. The summed E-state index contributed by atoms with van der Waals surface area (Å²) in [6.45, 7) is 2.21. The first-order valence-electron chi connectivity index (χ1n) is 11.1. The Morgan fingerprint density at radius 3 is 2.70 bits per heavy atom. The van der Waals surface area contributed by atoms with Crippen molar-refractivity contribution in [1.82, 2.24) is 0 Å². The van der Waals surface area contributed by atoms with Crippen LogP contribution in [0, 0.1) is 5.92 Å². The lowest BCUT2D eigenvalue weighted by molar-refractivity contribution is -0.119. The van der Waals surface area contributed by atoms with E-state index in [1.165, 1.54) is 41.7 Å². The van der Waals surface area contributed by atoms with E-state index in [1.54, 1.807) is 0 Å². The van der Waals surface area contributed by atoms with Crippen molar-refractivity contribution in [2.45, 2.75) is 64.2 Å². The summed E-state index contributed by atoms with van der Waals surface area (Å²) in [5, 5.41) is 0. The third-order valence-corrected chi connectivity index (χ3v) is 7.08. The van der Waals surface area contributed by atoms with Crippen LogP contribution in [0.15, 0.2) is 42.5 Å². The maximum absolute atomic E-state index is 12.6. The van der Waals surface area contributed by atoms with E-state index in [4.69, 9.17) is 4.74 Å². The van der Waals surface area contributed by atoms with Crippen LogP contribution in [0.5, 0.6) is 0 Å². The topological polar surface area (TPSA) is 43.4 Å². The van der Waals surface area contributed by atoms with Gasteiger partial charge in [-0.1, -0.05) is 56.2 Å². The number of methoxy groups -OCH3 is 1. The second kappa shape index (κ2) is 11.3. The van der Waals surface area contributed by atoms with Crippen molar-refractivity contribution in [1.29, 1.82) is 0 Å². The van der Waals surface area contributed by atoms with Crippen molar-refractivity contribution >= 4 is 29.2 Å². The summed E-state index contributed by atoms with van der Waals surface area (Å²) in [5.41, 5.74) is 2.37. The number of aryl methyl sites for hydroxylation is 1. The highest BCUT2D eigenvalue weighted by molar-refractivity contribution is 7.13. The SMILES string of the molecule is CCCC/C=C/c1ccc(C2C(=O)CCC2CCCc2ccc(C(=O)OC)s2)cc1. The lowest BCUT2D eigenvalue weighted by Gasteiger charge is -2.19. The van der Waals surface area contributed by atoms with Crippen LogP contribution in [0.4, 0.5) is 0 Å². The smallest absolute Gasteiger partial charge is 0.348 e. The van der Waals surface area contributed by atoms with Crippen LogP contribution >= 0.6 is 11.3 Å². The Morgan fingerprint density at radius 2 is 1.97 bits per heavy atom. The number of ether oxygens (including phenoxy) is 1. The zero-order valence-electron chi connectivity index (χ0n) is 18.1. The van der Waals surface area contributed by atoms with Gasteiger partial charge < -0.3 is 4.74 Å². The third kappa shape index (κ3) is 5.91. The number of carbonyl (C=O) groups excluding carboxylic acids is 2. The molecule has 3 rings (SSSR count). The summed E-state index contributed by atoms with van der Waals surface area (Å²) in [6, 6.07) is 12.4. The fourth-order valence-electron chi connectivity index (χ4n) is 4.30. The van der Waals surface area contributed by atoms with Crippen LogP contribution in [0.1, 0.15) is 83.5 Å². The van der Waals surface area contributed by atoms with E-state index in [2.05, 4.69) is 43.3 Å². The maximum atomic E-state index is 12.6. The molecule has 1 fully saturated rings. The standard InChI is InChI=1S/C26H32O3S/c1-3-4-5-6-8-19-11-13-21(14-12-19)25-20(15-17-23(25)27)9-7-10-22-16-18-24(30-22)26(28)29-2/h6,8,11-14,16,18,20,25H,3-5,7,9-10,15,17H2,1-2H3/b8-6+. The average molecular weight is 425 g/mol. The zero-order chi connectivity index (χ0) is 21.3. The molecule has 1 aliphatic rings. The van der Waals surface area contributed by atoms with Crippen LogP contribution < -0.4 is 0 Å². The van der Waals surface area contributed by atoms with Gasteiger partial charge in [0, 0.05) is 17.2 Å². The van der Waals surface area contributed by atoms with E-state index in [0.29, 0.717) is 23.0 Å². The molecule has 30 heavy (non-hydrogen) atoms. The van der Waals surface area contributed by atoms with Gasteiger partial charge in [-0.05, 0) is 61.3 Å². The Bertz CT molecular complexity index is 863. The molecule has 0 radical (unpaired) electrons. The van der Waals surface area contributed by atoms with Crippen molar-refractivity contribution in [3.8, 4) is 0 Å². The van der Waals surface area contributed by atoms with E-state index in [-0.39, 0.29) is 11.9 Å². The Kier molecular flexibility index (Phi) is 8.44. The number of hydrogen-bond donors (Lipinski definition) is 0. The molecule has 0 saturated heterocycles. The van der Waals surface area contributed by atoms with Crippen molar-refractivity contribution in [2.24, 2.45) is 5.92 Å². The van der Waals surface area contributed by atoms with Gasteiger partial charge in [0.05, 0.1) is 7.11 Å². The van der Waals surface area contributed by atoms with E-state index in [0.717, 1.165) is 37.7 Å². The molecule has 1 aromatic carbocycles. The molecule has 2 aromatic rings. The zero-order valence-corrected chi connectivity index (χ0v) is 18.9. The Morgan fingerprint density at radius 1 is 1.17 bits per heavy atom. The first-order valence-corrected chi connectivity index (χ1v) is 11.9. The summed E-state index contributed by atoms with van der Waals surface area (Å²) in [5.74, 6) is 0.576. The summed E-state index contributed by atoms with van der Waals surface area (Å²) in [4.78, 5) is 26.1. The second-order valence-electron chi connectivity index (χ2n) is 8.10. The number of allylic oxidation sites excluding steroid dienone is 1. The van der Waals surface area contributed by atoms with Gasteiger partial charge in [-0.3, -0.25) is 4.79 Å². The van der Waals surface area contributed by atoms with Gasteiger partial charge in [-0.25, -0.2) is 4.79 Å². The van der Waals surface area contributed by atoms with Gasteiger partial charge in [0.1, 0.15) is 10.7 Å². The van der Waals surface area contributed by atoms with Crippen LogP contribution in [0.2, 0.25) is 0 Å².